The monoisotopic (exact) mass is 698 g/mol. The fourth-order valence-corrected chi connectivity index (χ4v) is 6.72. The zero-order valence-electron chi connectivity index (χ0n) is 27.8. The maximum absolute atomic E-state index is 14.4. The summed E-state index contributed by atoms with van der Waals surface area (Å²) in [6.45, 7) is 3.57. The number of carboxylic acid groups (broad SMARTS) is 1. The molecule has 0 bridgehead atoms. The molecule has 4 rings (SSSR count). The zero-order valence-corrected chi connectivity index (χ0v) is 27.8. The number of alkyl carbamates (subject to hydrolysis) is 1. The number of carbonyl (C=O) groups is 5. The number of nitrogens with one attached hydrogen (secondary N) is 3. The fourth-order valence-electron chi connectivity index (χ4n) is 6.72. The van der Waals surface area contributed by atoms with Crippen molar-refractivity contribution in [2.75, 3.05) is 19.7 Å². The van der Waals surface area contributed by atoms with Crippen molar-refractivity contribution in [3.8, 4) is 0 Å². The number of hydrogen-bond acceptors (Lipinski definition) is 6. The van der Waals surface area contributed by atoms with Gasteiger partial charge in [0, 0.05) is 25.1 Å². The third kappa shape index (κ3) is 10.5. The number of amides is 4. The number of halogens is 4. The highest BCUT2D eigenvalue weighted by Gasteiger charge is 2.45. The van der Waals surface area contributed by atoms with E-state index in [1.54, 1.807) is 13.8 Å². The molecule has 3 aliphatic rings. The Kier molecular flexibility index (Phi) is 13.3. The van der Waals surface area contributed by atoms with Crippen molar-refractivity contribution in [3.05, 3.63) is 34.9 Å². The summed E-state index contributed by atoms with van der Waals surface area (Å²) in [6.07, 6.45) is 1.97. The summed E-state index contributed by atoms with van der Waals surface area (Å²) in [5.74, 6) is -6.00. The van der Waals surface area contributed by atoms with Gasteiger partial charge in [-0.25, -0.2) is 27.2 Å². The molecule has 15 heteroatoms. The van der Waals surface area contributed by atoms with Gasteiger partial charge in [-0.3, -0.25) is 14.4 Å². The minimum Gasteiger partial charge on any atom is -0.478 e. The van der Waals surface area contributed by atoms with Gasteiger partial charge >= 0.3 is 12.1 Å². The maximum atomic E-state index is 14.4. The van der Waals surface area contributed by atoms with Crippen molar-refractivity contribution >= 4 is 29.8 Å². The second kappa shape index (κ2) is 17.1. The molecule has 1 saturated heterocycles. The van der Waals surface area contributed by atoms with Crippen LogP contribution in [0.3, 0.4) is 0 Å². The van der Waals surface area contributed by atoms with E-state index < -0.39 is 96.5 Å². The first-order chi connectivity index (χ1) is 23.2. The number of benzene rings is 1. The molecule has 272 valence electrons. The molecule has 4 N–H and O–H groups in total. The van der Waals surface area contributed by atoms with E-state index in [1.165, 1.54) is 4.90 Å². The lowest BCUT2D eigenvalue weighted by Gasteiger charge is -2.31. The molecule has 3 fully saturated rings. The highest BCUT2D eigenvalue weighted by Crippen LogP contribution is 2.38. The van der Waals surface area contributed by atoms with Crippen LogP contribution in [0.5, 0.6) is 0 Å². The minimum absolute atomic E-state index is 0.0469. The molecule has 49 heavy (non-hydrogen) atoms. The maximum Gasteiger partial charge on any atom is 0.407 e. The van der Waals surface area contributed by atoms with E-state index in [1.807, 2.05) is 0 Å². The SMILES string of the molecule is CC(C)[C@H](NC(=O)OCC1CC1)C(=O)N1C[C@H](C2CCCCC2)C[C@H]1C(=O)N[C@@H](CC(F)F)C(=O)NCCc1c(F)cc(C(=O)O)cc1F. The van der Waals surface area contributed by atoms with Crippen molar-refractivity contribution in [1.82, 2.24) is 20.9 Å². The molecule has 4 amide bonds. The molecule has 1 aromatic carbocycles. The van der Waals surface area contributed by atoms with Gasteiger partial charge in [0.2, 0.25) is 24.1 Å². The van der Waals surface area contributed by atoms with Gasteiger partial charge in [0.15, 0.2) is 0 Å². The van der Waals surface area contributed by atoms with Crippen LogP contribution in [0.15, 0.2) is 12.1 Å². The van der Waals surface area contributed by atoms with Crippen LogP contribution < -0.4 is 16.0 Å². The van der Waals surface area contributed by atoms with Gasteiger partial charge in [0.05, 0.1) is 12.2 Å². The molecule has 1 aromatic rings. The highest BCUT2D eigenvalue weighted by atomic mass is 19.3. The molecular formula is C34H46F4N4O7. The van der Waals surface area contributed by atoms with Gasteiger partial charge in [-0.1, -0.05) is 46.0 Å². The first-order valence-corrected chi connectivity index (χ1v) is 17.1. The van der Waals surface area contributed by atoms with Gasteiger partial charge in [0.1, 0.15) is 29.8 Å². The fraction of sp³-hybridized carbons (Fsp3) is 0.676. The molecule has 11 nitrogen and oxygen atoms in total. The standard InChI is InChI=1S/C34H46F4N4O7/c1-18(2)29(41-34(48)49-17-19-8-9-19)32(45)42-16-22(20-6-4-3-5-7-20)14-27(42)31(44)40-26(15-28(37)38)30(43)39-11-10-23-24(35)12-21(33(46)47)13-25(23)36/h12-13,18-20,22,26-29H,3-11,14-17H2,1-2H3,(H,39,43)(H,40,44)(H,41,48)(H,46,47)/t22-,26+,27+,29+/m1/s1. The highest BCUT2D eigenvalue weighted by molar-refractivity contribution is 5.94. The predicted molar refractivity (Wildman–Crippen MR) is 169 cm³/mol. The number of carboxylic acids is 1. The lowest BCUT2D eigenvalue weighted by atomic mass is 9.79. The van der Waals surface area contributed by atoms with E-state index >= 15 is 0 Å². The summed E-state index contributed by atoms with van der Waals surface area (Å²) in [7, 11) is 0. The molecule has 0 unspecified atom stereocenters. The quantitative estimate of drug-likeness (QED) is 0.198. The summed E-state index contributed by atoms with van der Waals surface area (Å²) >= 11 is 0. The predicted octanol–water partition coefficient (Wildman–Crippen LogP) is 4.42. The normalized spacial score (nSPS) is 20.9. The molecule has 2 saturated carbocycles. The van der Waals surface area contributed by atoms with Crippen molar-refractivity contribution in [1.29, 1.82) is 0 Å². The number of aromatic carboxylic acids is 1. The Morgan fingerprint density at radius 1 is 0.959 bits per heavy atom. The lowest BCUT2D eigenvalue weighted by Crippen LogP contribution is -2.57. The zero-order chi connectivity index (χ0) is 35.8. The van der Waals surface area contributed by atoms with Crippen molar-refractivity contribution in [2.45, 2.75) is 103 Å². The Hall–Kier alpha value is -3.91. The summed E-state index contributed by atoms with van der Waals surface area (Å²) in [4.78, 5) is 65.8. The first kappa shape index (κ1) is 37.9. The molecule has 0 aromatic heterocycles. The molecule has 1 heterocycles. The number of hydrogen-bond donors (Lipinski definition) is 4. The van der Waals surface area contributed by atoms with Gasteiger partial charge in [-0.2, -0.15) is 0 Å². The van der Waals surface area contributed by atoms with Gasteiger partial charge in [-0.15, -0.1) is 0 Å². The molecule has 2 aliphatic carbocycles. The summed E-state index contributed by atoms with van der Waals surface area (Å²) in [6, 6.07) is -2.56. The van der Waals surface area contributed by atoms with Crippen molar-refractivity contribution in [3.63, 3.8) is 0 Å². The topological polar surface area (TPSA) is 154 Å². The number of ether oxygens (including phenoxy) is 1. The second-order valence-electron chi connectivity index (χ2n) is 13.8. The summed E-state index contributed by atoms with van der Waals surface area (Å²) < 4.78 is 61.2. The average Bonchev–Trinajstić information content (AvgIpc) is 3.78. The largest absolute Gasteiger partial charge is 0.478 e. The van der Waals surface area contributed by atoms with Crippen LogP contribution in [0.4, 0.5) is 22.4 Å². The number of rotatable bonds is 15. The Morgan fingerprint density at radius 2 is 1.61 bits per heavy atom. The van der Waals surface area contributed by atoms with E-state index in [0.29, 0.717) is 18.1 Å². The third-order valence-corrected chi connectivity index (χ3v) is 9.70. The van der Waals surface area contributed by atoms with Crippen LogP contribution in [0, 0.1) is 35.3 Å². The number of alkyl halides is 2. The van der Waals surface area contributed by atoms with Crippen LogP contribution in [-0.4, -0.2) is 84.0 Å². The van der Waals surface area contributed by atoms with Crippen LogP contribution in [0.2, 0.25) is 0 Å². The molecular weight excluding hydrogens is 652 g/mol. The van der Waals surface area contributed by atoms with Crippen molar-refractivity contribution < 1.29 is 51.4 Å². The van der Waals surface area contributed by atoms with Crippen LogP contribution in [0.25, 0.3) is 0 Å². The van der Waals surface area contributed by atoms with E-state index in [4.69, 9.17) is 9.84 Å². The average molecular weight is 699 g/mol. The number of likely N-dealkylation sites (tertiary alicyclic amines) is 1. The van der Waals surface area contributed by atoms with E-state index in [0.717, 1.165) is 44.9 Å². The number of nitrogens with zero attached hydrogens (tertiary/aromatic N) is 1. The van der Waals surface area contributed by atoms with Gasteiger partial charge < -0.3 is 30.7 Å². The minimum atomic E-state index is -3.00. The molecule has 0 radical (unpaired) electrons. The Balaban J connectivity index is 1.46. The Bertz CT molecular complexity index is 1350. The number of carbonyl (C=O) groups excluding carboxylic acids is 4. The van der Waals surface area contributed by atoms with Crippen LogP contribution >= 0.6 is 0 Å². The smallest absolute Gasteiger partial charge is 0.407 e. The summed E-state index contributed by atoms with van der Waals surface area (Å²) in [5, 5.41) is 16.3. The van der Waals surface area contributed by atoms with Gasteiger partial charge in [0.25, 0.3) is 0 Å². The van der Waals surface area contributed by atoms with Crippen molar-refractivity contribution in [2.24, 2.45) is 23.7 Å². The van der Waals surface area contributed by atoms with Crippen LogP contribution in [-0.2, 0) is 25.5 Å². The summed E-state index contributed by atoms with van der Waals surface area (Å²) in [5.41, 5.74) is -1.10. The molecule has 1 aliphatic heterocycles. The molecule has 4 atom stereocenters. The van der Waals surface area contributed by atoms with Gasteiger partial charge in [-0.05, 0) is 61.5 Å². The van der Waals surface area contributed by atoms with E-state index in [2.05, 4.69) is 16.0 Å². The lowest BCUT2D eigenvalue weighted by molar-refractivity contribution is -0.141. The molecule has 0 spiro atoms. The van der Waals surface area contributed by atoms with E-state index in [-0.39, 0.29) is 37.3 Å². The first-order valence-electron chi connectivity index (χ1n) is 17.1. The third-order valence-electron chi connectivity index (χ3n) is 9.70. The Labute approximate surface area is 282 Å². The van der Waals surface area contributed by atoms with E-state index in [9.17, 15) is 41.5 Å². The van der Waals surface area contributed by atoms with Crippen LogP contribution in [0.1, 0.15) is 87.6 Å². The Morgan fingerprint density at radius 3 is 2.18 bits per heavy atom. The second-order valence-corrected chi connectivity index (χ2v) is 13.8.